The van der Waals surface area contributed by atoms with Crippen molar-refractivity contribution in [1.82, 2.24) is 5.32 Å². The Kier molecular flexibility index (Phi) is 47.8. The summed E-state index contributed by atoms with van der Waals surface area (Å²) >= 11 is 0. The maximum atomic E-state index is 13.1. The van der Waals surface area contributed by atoms with E-state index < -0.39 is 49.5 Å². The summed E-state index contributed by atoms with van der Waals surface area (Å²) in [5, 5.41) is 54.7. The topological polar surface area (TPSA) is 149 Å². The van der Waals surface area contributed by atoms with Crippen LogP contribution >= 0.6 is 0 Å². The molecule has 0 aliphatic carbocycles. The second-order valence-electron chi connectivity index (χ2n) is 21.1. The molecule has 9 nitrogen and oxygen atoms in total. The summed E-state index contributed by atoms with van der Waals surface area (Å²) in [6, 6.07) is -0.721. The van der Waals surface area contributed by atoms with E-state index >= 15 is 0 Å². The van der Waals surface area contributed by atoms with E-state index in [1.54, 1.807) is 0 Å². The normalized spacial score (nSPS) is 19.6. The lowest BCUT2D eigenvalue weighted by atomic mass is 9.99. The Labute approximate surface area is 426 Å². The van der Waals surface area contributed by atoms with Gasteiger partial charge in [0.05, 0.1) is 25.4 Å². The lowest BCUT2D eigenvalue weighted by molar-refractivity contribution is -0.302. The molecule has 1 amide bonds. The Morgan fingerprint density at radius 2 is 0.855 bits per heavy atom. The highest BCUT2D eigenvalue weighted by Crippen LogP contribution is 2.23. The first kappa shape index (κ1) is 65.7. The zero-order valence-electron chi connectivity index (χ0n) is 45.3. The Morgan fingerprint density at radius 3 is 1.28 bits per heavy atom. The van der Waals surface area contributed by atoms with Crippen LogP contribution in [0.5, 0.6) is 0 Å². The van der Waals surface area contributed by atoms with Crippen molar-refractivity contribution in [1.29, 1.82) is 0 Å². The predicted octanol–water partition coefficient (Wildman–Crippen LogP) is 15.0. The van der Waals surface area contributed by atoms with Crippen LogP contribution in [-0.4, -0.2) is 87.5 Å². The van der Waals surface area contributed by atoms with Gasteiger partial charge in [-0.1, -0.05) is 269 Å². The molecule has 1 heterocycles. The van der Waals surface area contributed by atoms with Crippen molar-refractivity contribution in [3.05, 3.63) is 24.3 Å². The van der Waals surface area contributed by atoms with Crippen LogP contribution < -0.4 is 5.32 Å². The van der Waals surface area contributed by atoms with E-state index in [0.717, 1.165) is 44.9 Å². The molecular formula is C60H115NO8. The second-order valence-corrected chi connectivity index (χ2v) is 21.1. The lowest BCUT2D eigenvalue weighted by Crippen LogP contribution is -2.60. The van der Waals surface area contributed by atoms with E-state index in [1.807, 2.05) is 0 Å². The van der Waals surface area contributed by atoms with Crippen LogP contribution in [0.3, 0.4) is 0 Å². The molecule has 9 heteroatoms. The molecule has 0 spiro atoms. The van der Waals surface area contributed by atoms with Gasteiger partial charge in [0, 0.05) is 6.42 Å². The number of rotatable bonds is 52. The Balaban J connectivity index is 2.17. The molecule has 0 aromatic heterocycles. The number of nitrogens with one attached hydrogen (secondary N) is 1. The molecule has 0 saturated carbocycles. The molecule has 6 N–H and O–H groups in total. The maximum Gasteiger partial charge on any atom is 0.220 e. The molecule has 1 fully saturated rings. The van der Waals surface area contributed by atoms with Gasteiger partial charge in [0.15, 0.2) is 6.29 Å². The minimum absolute atomic E-state index is 0.137. The smallest absolute Gasteiger partial charge is 0.220 e. The molecule has 0 bridgehead atoms. The monoisotopic (exact) mass is 978 g/mol. The van der Waals surface area contributed by atoms with Crippen molar-refractivity contribution in [2.24, 2.45) is 0 Å². The van der Waals surface area contributed by atoms with Crippen LogP contribution in [0.1, 0.15) is 296 Å². The van der Waals surface area contributed by atoms with Crippen molar-refractivity contribution >= 4 is 5.91 Å². The van der Waals surface area contributed by atoms with Crippen molar-refractivity contribution < 1.29 is 39.8 Å². The van der Waals surface area contributed by atoms with E-state index in [0.29, 0.717) is 12.8 Å². The number of carbonyl (C=O) groups is 1. The first-order valence-corrected chi connectivity index (χ1v) is 30.0. The fraction of sp³-hybridized carbons (Fsp3) is 0.917. The van der Waals surface area contributed by atoms with Gasteiger partial charge in [0.25, 0.3) is 0 Å². The van der Waals surface area contributed by atoms with Gasteiger partial charge in [-0.2, -0.15) is 0 Å². The molecule has 7 unspecified atom stereocenters. The van der Waals surface area contributed by atoms with Crippen LogP contribution in [-0.2, 0) is 14.3 Å². The van der Waals surface area contributed by atoms with Crippen molar-refractivity contribution in [3.63, 3.8) is 0 Å². The van der Waals surface area contributed by atoms with Gasteiger partial charge >= 0.3 is 0 Å². The van der Waals surface area contributed by atoms with E-state index in [1.165, 1.54) is 225 Å². The zero-order valence-corrected chi connectivity index (χ0v) is 45.3. The highest BCUT2D eigenvalue weighted by Gasteiger charge is 2.44. The number of ether oxygens (including phenoxy) is 2. The predicted molar refractivity (Wildman–Crippen MR) is 290 cm³/mol. The minimum atomic E-state index is -1.55. The molecule has 0 radical (unpaired) electrons. The van der Waals surface area contributed by atoms with Gasteiger partial charge in [-0.15, -0.1) is 0 Å². The highest BCUT2D eigenvalue weighted by atomic mass is 16.7. The molecular weight excluding hydrogens is 863 g/mol. The number of amides is 1. The minimum Gasteiger partial charge on any atom is -0.394 e. The van der Waals surface area contributed by atoms with Crippen LogP contribution in [0, 0.1) is 0 Å². The summed E-state index contributed by atoms with van der Waals surface area (Å²) in [6.07, 6.45) is 56.4. The van der Waals surface area contributed by atoms with E-state index in [-0.39, 0.29) is 12.5 Å². The average molecular weight is 979 g/mol. The number of aliphatic hydroxyl groups is 5. The fourth-order valence-electron chi connectivity index (χ4n) is 9.78. The van der Waals surface area contributed by atoms with Gasteiger partial charge in [-0.05, 0) is 44.9 Å². The summed E-state index contributed by atoms with van der Waals surface area (Å²) in [5.74, 6) is -0.145. The SMILES string of the molecule is CCCCC/C=C\C/C=C\CCCCCCCCCCCC(=O)NC(COC1OC(CO)C(O)C(O)C1O)C(O)CCCCCCCCCCCCCCCCCCCCCCCCCCCCC. The first-order valence-electron chi connectivity index (χ1n) is 30.0. The average Bonchev–Trinajstić information content (AvgIpc) is 3.35. The standard InChI is InChI=1S/C60H115NO8/c1-3-5-7-9-11-13-15-17-19-21-23-24-25-26-27-28-29-30-32-33-35-37-39-41-43-45-47-49-54(63)53(52-68-60-59(67)58(66)57(65)55(51-62)69-60)61-56(64)50-48-46-44-42-40-38-36-34-31-22-20-18-16-14-12-10-8-6-4-2/h12,14,18,20,53-55,57-60,62-63,65-67H,3-11,13,15-17,19,21-52H2,1-2H3,(H,61,64)/b14-12-,20-18-. The molecule has 1 aliphatic rings. The fourth-order valence-corrected chi connectivity index (χ4v) is 9.78. The molecule has 69 heavy (non-hydrogen) atoms. The molecule has 1 aliphatic heterocycles. The summed E-state index contributed by atoms with van der Waals surface area (Å²) in [4.78, 5) is 13.1. The third-order valence-corrected chi connectivity index (χ3v) is 14.6. The zero-order chi connectivity index (χ0) is 50.1. The summed E-state index contributed by atoms with van der Waals surface area (Å²) in [6.45, 7) is 3.85. The van der Waals surface area contributed by atoms with Gasteiger partial charge in [-0.3, -0.25) is 4.79 Å². The van der Waals surface area contributed by atoms with E-state index in [9.17, 15) is 30.3 Å². The van der Waals surface area contributed by atoms with E-state index in [4.69, 9.17) is 9.47 Å². The van der Waals surface area contributed by atoms with Crippen LogP contribution in [0.15, 0.2) is 24.3 Å². The maximum absolute atomic E-state index is 13.1. The van der Waals surface area contributed by atoms with Crippen LogP contribution in [0.2, 0.25) is 0 Å². The molecule has 1 rings (SSSR count). The summed E-state index contributed by atoms with van der Waals surface area (Å²) in [5.41, 5.74) is 0. The quantitative estimate of drug-likeness (QED) is 0.0261. The van der Waals surface area contributed by atoms with Crippen molar-refractivity contribution in [3.8, 4) is 0 Å². The molecule has 408 valence electrons. The summed E-state index contributed by atoms with van der Waals surface area (Å²) < 4.78 is 11.3. The number of aliphatic hydroxyl groups excluding tert-OH is 5. The Bertz CT molecular complexity index is 1130. The van der Waals surface area contributed by atoms with Gasteiger partial charge in [0.1, 0.15) is 24.4 Å². The number of hydrogen-bond acceptors (Lipinski definition) is 8. The largest absolute Gasteiger partial charge is 0.394 e. The molecule has 7 atom stereocenters. The number of unbranched alkanes of at least 4 members (excludes halogenated alkanes) is 38. The molecule has 0 aromatic carbocycles. The Hall–Kier alpha value is -1.33. The van der Waals surface area contributed by atoms with Gasteiger partial charge in [-0.25, -0.2) is 0 Å². The molecule has 1 saturated heterocycles. The van der Waals surface area contributed by atoms with Crippen LogP contribution in [0.4, 0.5) is 0 Å². The van der Waals surface area contributed by atoms with Crippen molar-refractivity contribution in [2.45, 2.75) is 339 Å². The Morgan fingerprint density at radius 1 is 0.493 bits per heavy atom. The number of carbonyl (C=O) groups excluding carboxylic acids is 1. The third kappa shape index (κ3) is 39.8. The number of allylic oxidation sites excluding steroid dienone is 4. The number of hydrogen-bond donors (Lipinski definition) is 6. The molecule has 0 aromatic rings. The highest BCUT2D eigenvalue weighted by molar-refractivity contribution is 5.76. The first-order chi connectivity index (χ1) is 33.8. The summed E-state index contributed by atoms with van der Waals surface area (Å²) in [7, 11) is 0. The third-order valence-electron chi connectivity index (χ3n) is 14.6. The van der Waals surface area contributed by atoms with Crippen LogP contribution in [0.25, 0.3) is 0 Å². The van der Waals surface area contributed by atoms with Crippen molar-refractivity contribution in [2.75, 3.05) is 13.2 Å². The van der Waals surface area contributed by atoms with Gasteiger partial charge in [0.2, 0.25) is 5.91 Å². The lowest BCUT2D eigenvalue weighted by Gasteiger charge is -2.40. The van der Waals surface area contributed by atoms with Gasteiger partial charge < -0.3 is 40.3 Å². The van der Waals surface area contributed by atoms with E-state index in [2.05, 4.69) is 43.5 Å². The second kappa shape index (κ2) is 50.2.